The molecule has 5 heteroatoms. The molecule has 0 saturated heterocycles. The average Bonchev–Trinajstić information content (AvgIpc) is 2.73. The van der Waals surface area contributed by atoms with Gasteiger partial charge in [-0.25, -0.2) is 4.79 Å². The molecule has 0 saturated carbocycles. The van der Waals surface area contributed by atoms with E-state index in [0.29, 0.717) is 29.9 Å². The first-order valence-corrected chi connectivity index (χ1v) is 9.67. The van der Waals surface area contributed by atoms with Gasteiger partial charge in [-0.05, 0) is 66.2 Å². The van der Waals surface area contributed by atoms with Gasteiger partial charge >= 0.3 is 5.97 Å². The lowest BCUT2D eigenvalue weighted by molar-refractivity contribution is 0.0734. The molecular weight excluding hydrogens is 420 g/mol. The van der Waals surface area contributed by atoms with E-state index in [1.165, 1.54) is 0 Å². The van der Waals surface area contributed by atoms with E-state index in [4.69, 9.17) is 9.47 Å². The normalized spacial score (nSPS) is 10.4. The quantitative estimate of drug-likeness (QED) is 0.264. The van der Waals surface area contributed by atoms with E-state index in [0.717, 1.165) is 15.8 Å². The highest BCUT2D eigenvalue weighted by molar-refractivity contribution is 9.10. The Hall–Kier alpha value is -2.92. The van der Waals surface area contributed by atoms with E-state index >= 15 is 0 Å². The lowest BCUT2D eigenvalue weighted by atomic mass is 10.1. The molecule has 3 aromatic carbocycles. The maximum Gasteiger partial charge on any atom is 0.343 e. The first-order chi connectivity index (χ1) is 13.5. The van der Waals surface area contributed by atoms with Crippen LogP contribution in [0.5, 0.6) is 11.5 Å². The topological polar surface area (TPSA) is 52.6 Å². The Balaban J connectivity index is 1.57. The minimum atomic E-state index is -0.449. The molecule has 0 aliphatic rings. The van der Waals surface area contributed by atoms with Crippen molar-refractivity contribution >= 4 is 27.7 Å². The molecule has 0 aliphatic heterocycles. The predicted molar refractivity (Wildman–Crippen MR) is 111 cm³/mol. The Labute approximate surface area is 172 Å². The predicted octanol–water partition coefficient (Wildman–Crippen LogP) is 5.84. The van der Waals surface area contributed by atoms with Gasteiger partial charge in [0.1, 0.15) is 18.1 Å². The van der Waals surface area contributed by atoms with E-state index in [9.17, 15) is 9.59 Å². The largest absolute Gasteiger partial charge is 0.489 e. The highest BCUT2D eigenvalue weighted by Gasteiger charge is 2.10. The van der Waals surface area contributed by atoms with Crippen LogP contribution in [0.25, 0.3) is 0 Å². The summed E-state index contributed by atoms with van der Waals surface area (Å²) in [5, 5.41) is 0. The zero-order valence-electron chi connectivity index (χ0n) is 15.4. The molecule has 0 heterocycles. The molecule has 3 aromatic rings. The monoisotopic (exact) mass is 438 g/mol. The molecule has 0 bridgehead atoms. The van der Waals surface area contributed by atoms with E-state index in [-0.39, 0.29) is 5.78 Å². The molecule has 0 spiro atoms. The van der Waals surface area contributed by atoms with Crippen molar-refractivity contribution in [2.75, 3.05) is 0 Å². The summed E-state index contributed by atoms with van der Waals surface area (Å²) in [7, 11) is 0. The number of Topliss-reactive ketones (excluding diaryl/α,β-unsaturated/α-hetero) is 1. The van der Waals surface area contributed by atoms with Crippen LogP contribution in [0.1, 0.15) is 39.6 Å². The van der Waals surface area contributed by atoms with Gasteiger partial charge in [0, 0.05) is 16.5 Å². The Morgan fingerprint density at radius 1 is 0.786 bits per heavy atom. The fraction of sp³-hybridized carbons (Fsp3) is 0.130. The van der Waals surface area contributed by atoms with Crippen molar-refractivity contribution in [3.8, 4) is 11.5 Å². The number of esters is 1. The number of halogens is 1. The van der Waals surface area contributed by atoms with Crippen LogP contribution in [0.4, 0.5) is 0 Å². The third-order valence-electron chi connectivity index (χ3n) is 4.12. The van der Waals surface area contributed by atoms with Crippen LogP contribution in [0.3, 0.4) is 0 Å². The van der Waals surface area contributed by atoms with Gasteiger partial charge in [-0.3, -0.25) is 4.79 Å². The van der Waals surface area contributed by atoms with E-state index in [1.807, 2.05) is 43.3 Å². The van der Waals surface area contributed by atoms with Crippen LogP contribution in [0.15, 0.2) is 77.3 Å². The second-order valence-electron chi connectivity index (χ2n) is 6.13. The Morgan fingerprint density at radius 3 is 1.96 bits per heavy atom. The van der Waals surface area contributed by atoms with Crippen LogP contribution < -0.4 is 9.47 Å². The van der Waals surface area contributed by atoms with E-state index < -0.39 is 5.97 Å². The molecule has 0 N–H and O–H groups in total. The summed E-state index contributed by atoms with van der Waals surface area (Å²) in [6.45, 7) is 2.22. The Morgan fingerprint density at radius 2 is 1.36 bits per heavy atom. The van der Waals surface area contributed by atoms with Crippen molar-refractivity contribution in [2.45, 2.75) is 20.0 Å². The van der Waals surface area contributed by atoms with Gasteiger partial charge in [-0.15, -0.1) is 0 Å². The zero-order chi connectivity index (χ0) is 19.9. The summed E-state index contributed by atoms with van der Waals surface area (Å²) in [4.78, 5) is 23.9. The number of hydrogen-bond donors (Lipinski definition) is 0. The van der Waals surface area contributed by atoms with Crippen molar-refractivity contribution in [3.05, 3.63) is 94.0 Å². The van der Waals surface area contributed by atoms with Crippen LogP contribution in [0, 0.1) is 0 Å². The summed E-state index contributed by atoms with van der Waals surface area (Å²) in [6.07, 6.45) is 0.441. The molecule has 3 rings (SSSR count). The molecule has 0 amide bonds. The highest BCUT2D eigenvalue weighted by Crippen LogP contribution is 2.18. The molecule has 0 radical (unpaired) electrons. The van der Waals surface area contributed by atoms with Crippen LogP contribution in [-0.4, -0.2) is 11.8 Å². The van der Waals surface area contributed by atoms with Crippen molar-refractivity contribution in [3.63, 3.8) is 0 Å². The first kappa shape index (κ1) is 19.8. The van der Waals surface area contributed by atoms with Crippen molar-refractivity contribution < 1.29 is 19.1 Å². The van der Waals surface area contributed by atoms with Gasteiger partial charge < -0.3 is 9.47 Å². The molecule has 0 aromatic heterocycles. The van der Waals surface area contributed by atoms with Gasteiger partial charge in [-0.1, -0.05) is 35.0 Å². The van der Waals surface area contributed by atoms with Crippen molar-refractivity contribution in [2.24, 2.45) is 0 Å². The van der Waals surface area contributed by atoms with Crippen LogP contribution >= 0.6 is 15.9 Å². The molecule has 0 unspecified atom stereocenters. The van der Waals surface area contributed by atoms with Gasteiger partial charge in [0.25, 0.3) is 0 Å². The number of ketones is 1. The minimum absolute atomic E-state index is 0.0545. The lowest BCUT2D eigenvalue weighted by Gasteiger charge is -2.08. The molecule has 0 atom stereocenters. The standard InChI is InChI=1S/C23H19BrO4/c1-2-22(25)17-7-11-21(12-8-17)28-23(26)18-5-3-16(4-6-18)15-27-20-13-9-19(24)10-14-20/h3-14H,2,15H2,1H3. The molecule has 142 valence electrons. The number of carbonyl (C=O) groups excluding carboxylic acids is 2. The van der Waals surface area contributed by atoms with Gasteiger partial charge in [-0.2, -0.15) is 0 Å². The first-order valence-electron chi connectivity index (χ1n) is 8.88. The van der Waals surface area contributed by atoms with Crippen LogP contribution in [-0.2, 0) is 6.61 Å². The summed E-state index contributed by atoms with van der Waals surface area (Å²) in [5.41, 5.74) is 2.00. The molecule has 4 nitrogen and oxygen atoms in total. The van der Waals surface area contributed by atoms with E-state index in [2.05, 4.69) is 15.9 Å². The number of carbonyl (C=O) groups is 2. The van der Waals surface area contributed by atoms with Gasteiger partial charge in [0.05, 0.1) is 5.56 Å². The number of hydrogen-bond acceptors (Lipinski definition) is 4. The smallest absolute Gasteiger partial charge is 0.343 e. The van der Waals surface area contributed by atoms with E-state index in [1.54, 1.807) is 36.4 Å². The summed E-state index contributed by atoms with van der Waals surface area (Å²) < 4.78 is 12.1. The molecule has 0 aliphatic carbocycles. The Bertz CT molecular complexity index is 945. The molecule has 0 fully saturated rings. The third kappa shape index (κ3) is 5.30. The summed E-state index contributed by atoms with van der Waals surface area (Å²) >= 11 is 3.39. The SMILES string of the molecule is CCC(=O)c1ccc(OC(=O)c2ccc(COc3ccc(Br)cc3)cc2)cc1. The fourth-order valence-electron chi connectivity index (χ4n) is 2.51. The summed E-state index contributed by atoms with van der Waals surface area (Å²) in [6, 6.07) is 21.3. The summed E-state index contributed by atoms with van der Waals surface area (Å²) in [5.74, 6) is 0.783. The molecule has 28 heavy (non-hydrogen) atoms. The van der Waals surface area contributed by atoms with Gasteiger partial charge in [0.15, 0.2) is 5.78 Å². The average molecular weight is 439 g/mol. The number of rotatable bonds is 7. The third-order valence-corrected chi connectivity index (χ3v) is 4.65. The van der Waals surface area contributed by atoms with Gasteiger partial charge in [0.2, 0.25) is 0 Å². The number of benzene rings is 3. The maximum absolute atomic E-state index is 12.3. The zero-order valence-corrected chi connectivity index (χ0v) is 16.9. The minimum Gasteiger partial charge on any atom is -0.489 e. The number of ether oxygens (including phenoxy) is 2. The maximum atomic E-state index is 12.3. The second kappa shape index (κ2) is 9.33. The molecular formula is C23H19BrO4. The highest BCUT2D eigenvalue weighted by atomic mass is 79.9. The lowest BCUT2D eigenvalue weighted by Crippen LogP contribution is -2.09. The van der Waals surface area contributed by atoms with Crippen molar-refractivity contribution in [1.82, 2.24) is 0 Å². The second-order valence-corrected chi connectivity index (χ2v) is 7.05. The van der Waals surface area contributed by atoms with Crippen molar-refractivity contribution in [1.29, 1.82) is 0 Å². The fourth-order valence-corrected chi connectivity index (χ4v) is 2.78. The Kier molecular flexibility index (Phi) is 6.61. The van der Waals surface area contributed by atoms with Crippen LogP contribution in [0.2, 0.25) is 0 Å².